The van der Waals surface area contributed by atoms with Crippen LogP contribution < -0.4 is 10.0 Å². The van der Waals surface area contributed by atoms with Crippen LogP contribution in [0.15, 0.2) is 41.3 Å². The van der Waals surface area contributed by atoms with Gasteiger partial charge in [0, 0.05) is 35.3 Å². The molecule has 2 amide bonds. The number of piperidine rings is 1. The number of hydrogen-bond acceptors (Lipinski definition) is 5. The van der Waals surface area contributed by atoms with Gasteiger partial charge in [0.2, 0.25) is 0 Å². The Morgan fingerprint density at radius 3 is 2.59 bits per heavy atom. The van der Waals surface area contributed by atoms with Gasteiger partial charge in [0.25, 0.3) is 5.91 Å². The number of nitrogens with zero attached hydrogens (tertiary/aromatic N) is 1. The summed E-state index contributed by atoms with van der Waals surface area (Å²) in [6, 6.07) is 12.2. The number of anilines is 1. The van der Waals surface area contributed by atoms with Crippen molar-refractivity contribution in [1.29, 1.82) is 0 Å². The number of hydrogen-bond donors (Lipinski definition) is 2. The Kier molecular flexibility index (Phi) is 7.37. The summed E-state index contributed by atoms with van der Waals surface area (Å²) in [5.41, 5.74) is 5.23. The molecule has 0 radical (unpaired) electrons. The number of benzene rings is 2. The van der Waals surface area contributed by atoms with E-state index in [4.69, 9.17) is 4.74 Å². The Bertz CT molecular complexity index is 986. The van der Waals surface area contributed by atoms with Crippen LogP contribution in [0.3, 0.4) is 0 Å². The lowest BCUT2D eigenvalue weighted by molar-refractivity contribution is 0.0966. The lowest BCUT2D eigenvalue weighted by atomic mass is 10.1. The first-order chi connectivity index (χ1) is 15.6. The Hall–Kier alpha value is -2.51. The molecule has 1 saturated heterocycles. The molecule has 6 nitrogen and oxygen atoms in total. The van der Waals surface area contributed by atoms with E-state index in [-0.39, 0.29) is 12.0 Å². The summed E-state index contributed by atoms with van der Waals surface area (Å²) < 4.78 is 8.70. The van der Waals surface area contributed by atoms with Gasteiger partial charge >= 0.3 is 6.09 Å². The van der Waals surface area contributed by atoms with Crippen molar-refractivity contribution in [2.45, 2.75) is 56.9 Å². The topological polar surface area (TPSA) is 70.7 Å². The average Bonchev–Trinajstić information content (AvgIpc) is 3.30. The number of ether oxygens (including phenoxy) is 1. The van der Waals surface area contributed by atoms with E-state index in [1.165, 1.54) is 16.0 Å². The van der Waals surface area contributed by atoms with Crippen molar-refractivity contribution >= 4 is 29.6 Å². The second-order valence-corrected chi connectivity index (χ2v) is 9.25. The molecule has 2 aromatic rings. The van der Waals surface area contributed by atoms with E-state index in [0.29, 0.717) is 18.2 Å². The van der Waals surface area contributed by atoms with E-state index in [2.05, 4.69) is 16.1 Å². The molecule has 170 valence electrons. The van der Waals surface area contributed by atoms with Crippen LogP contribution in [-0.4, -0.2) is 42.6 Å². The summed E-state index contributed by atoms with van der Waals surface area (Å²) in [6.45, 7) is 5.65. The van der Waals surface area contributed by atoms with Crippen LogP contribution in [0.4, 0.5) is 10.5 Å². The van der Waals surface area contributed by atoms with E-state index in [0.717, 1.165) is 56.4 Å². The van der Waals surface area contributed by atoms with Gasteiger partial charge in [0.1, 0.15) is 0 Å². The van der Waals surface area contributed by atoms with Crippen molar-refractivity contribution in [2.24, 2.45) is 0 Å². The maximum Gasteiger partial charge on any atom is 0.409 e. The van der Waals surface area contributed by atoms with E-state index in [1.54, 1.807) is 16.8 Å². The molecule has 0 saturated carbocycles. The smallest absolute Gasteiger partial charge is 0.409 e. The maximum absolute atomic E-state index is 12.8. The highest BCUT2D eigenvalue weighted by Gasteiger charge is 2.25. The van der Waals surface area contributed by atoms with E-state index in [9.17, 15) is 9.59 Å². The molecule has 2 aromatic carbocycles. The predicted octanol–water partition coefficient (Wildman–Crippen LogP) is 4.95. The first-order valence-electron chi connectivity index (χ1n) is 11.4. The zero-order valence-corrected chi connectivity index (χ0v) is 19.6. The molecule has 7 heteroatoms. The summed E-state index contributed by atoms with van der Waals surface area (Å²) in [5.74, 6) is -0.0518. The van der Waals surface area contributed by atoms with E-state index in [1.807, 2.05) is 44.2 Å². The summed E-state index contributed by atoms with van der Waals surface area (Å²) in [5, 5.41) is 3.14. The first-order valence-corrected chi connectivity index (χ1v) is 12.2. The first kappa shape index (κ1) is 22.7. The lowest BCUT2D eigenvalue weighted by Crippen LogP contribution is -2.43. The second kappa shape index (κ2) is 10.4. The van der Waals surface area contributed by atoms with Crippen molar-refractivity contribution < 1.29 is 14.3 Å². The highest BCUT2D eigenvalue weighted by Crippen LogP contribution is 2.36. The summed E-state index contributed by atoms with van der Waals surface area (Å²) in [7, 11) is 0. The fraction of sp³-hybridized carbons (Fsp3) is 0.440. The van der Waals surface area contributed by atoms with Gasteiger partial charge in [-0.1, -0.05) is 18.2 Å². The van der Waals surface area contributed by atoms with Gasteiger partial charge in [-0.25, -0.2) is 4.79 Å². The molecule has 1 aliphatic heterocycles. The highest BCUT2D eigenvalue weighted by molar-refractivity contribution is 7.97. The highest BCUT2D eigenvalue weighted by atomic mass is 32.2. The minimum Gasteiger partial charge on any atom is -0.450 e. The average molecular weight is 454 g/mol. The SMILES string of the molecule is CCOC(=O)N1CCC(NSc2ccc(NC(=O)c3ccccc3C)c3c2CCC3)CC1. The molecule has 1 heterocycles. The van der Waals surface area contributed by atoms with Gasteiger partial charge in [-0.15, -0.1) is 0 Å². The molecule has 2 aliphatic rings. The Morgan fingerprint density at radius 1 is 1.09 bits per heavy atom. The monoisotopic (exact) mass is 453 g/mol. The van der Waals surface area contributed by atoms with Gasteiger partial charge in [-0.3, -0.25) is 9.52 Å². The third-order valence-corrected chi connectivity index (χ3v) is 7.29. The fourth-order valence-electron chi connectivity index (χ4n) is 4.44. The molecule has 0 bridgehead atoms. The number of aryl methyl sites for hydroxylation is 1. The number of carbonyl (C=O) groups excluding carboxylic acids is 2. The Morgan fingerprint density at radius 2 is 1.84 bits per heavy atom. The maximum atomic E-state index is 12.8. The quantitative estimate of drug-likeness (QED) is 0.606. The molecule has 32 heavy (non-hydrogen) atoms. The molecular formula is C25H31N3O3S. The minimum absolute atomic E-state index is 0.0518. The van der Waals surface area contributed by atoms with Crippen molar-refractivity contribution in [2.75, 3.05) is 25.0 Å². The number of amides is 2. The molecule has 2 N–H and O–H groups in total. The lowest BCUT2D eigenvalue weighted by Gasteiger charge is -2.31. The largest absolute Gasteiger partial charge is 0.450 e. The zero-order chi connectivity index (χ0) is 22.5. The Balaban J connectivity index is 1.37. The molecule has 1 fully saturated rings. The third kappa shape index (κ3) is 5.10. The normalized spacial score (nSPS) is 16.0. The predicted molar refractivity (Wildman–Crippen MR) is 128 cm³/mol. The molecular weight excluding hydrogens is 422 g/mol. The van der Waals surface area contributed by atoms with Crippen LogP contribution in [0.25, 0.3) is 0 Å². The molecule has 1 aliphatic carbocycles. The second-order valence-electron chi connectivity index (χ2n) is 8.37. The van der Waals surface area contributed by atoms with Crippen LogP contribution in [-0.2, 0) is 17.6 Å². The van der Waals surface area contributed by atoms with Gasteiger partial charge in [0.05, 0.1) is 6.61 Å². The summed E-state index contributed by atoms with van der Waals surface area (Å²) >= 11 is 1.68. The van der Waals surface area contributed by atoms with Crippen LogP contribution in [0.2, 0.25) is 0 Å². The molecule has 4 rings (SSSR count). The van der Waals surface area contributed by atoms with Gasteiger partial charge in [-0.2, -0.15) is 0 Å². The minimum atomic E-state index is -0.209. The van der Waals surface area contributed by atoms with Gasteiger partial charge in [0.15, 0.2) is 0 Å². The zero-order valence-electron chi connectivity index (χ0n) is 18.8. The molecule has 0 atom stereocenters. The number of likely N-dealkylation sites (tertiary alicyclic amines) is 1. The van der Waals surface area contributed by atoms with E-state index < -0.39 is 0 Å². The van der Waals surface area contributed by atoms with Crippen molar-refractivity contribution in [3.63, 3.8) is 0 Å². The third-order valence-electron chi connectivity index (χ3n) is 6.24. The number of carbonyl (C=O) groups is 2. The van der Waals surface area contributed by atoms with Crippen molar-refractivity contribution in [1.82, 2.24) is 9.62 Å². The number of nitrogens with one attached hydrogen (secondary N) is 2. The van der Waals surface area contributed by atoms with Crippen LogP contribution in [0.5, 0.6) is 0 Å². The summed E-state index contributed by atoms with van der Waals surface area (Å²) in [6.07, 6.45) is 4.76. The molecule has 0 aromatic heterocycles. The standard InChI is InChI=1S/C25H31N3O3S/c1-3-31-25(30)28-15-13-18(14-16-28)27-32-23-12-11-22(20-9-6-10-21(20)23)26-24(29)19-8-5-4-7-17(19)2/h4-5,7-8,11-12,18,27H,3,6,9-10,13-16H2,1-2H3,(H,26,29). The van der Waals surface area contributed by atoms with Crippen molar-refractivity contribution in [3.8, 4) is 0 Å². The van der Waals surface area contributed by atoms with Crippen LogP contribution in [0.1, 0.15) is 53.2 Å². The van der Waals surface area contributed by atoms with Gasteiger partial charge in [-0.05, 0) is 92.8 Å². The fourth-order valence-corrected chi connectivity index (χ4v) is 5.46. The molecule has 0 unspecified atom stereocenters. The van der Waals surface area contributed by atoms with Gasteiger partial charge < -0.3 is 15.0 Å². The number of fused-ring (bicyclic) bond motifs is 1. The van der Waals surface area contributed by atoms with Crippen LogP contribution >= 0.6 is 11.9 Å². The van der Waals surface area contributed by atoms with Crippen molar-refractivity contribution in [3.05, 3.63) is 58.7 Å². The number of rotatable bonds is 6. The van der Waals surface area contributed by atoms with Crippen LogP contribution in [0, 0.1) is 6.92 Å². The molecule has 0 spiro atoms. The van der Waals surface area contributed by atoms with E-state index >= 15 is 0 Å². The Labute approximate surface area is 194 Å². The summed E-state index contributed by atoms with van der Waals surface area (Å²) in [4.78, 5) is 27.7.